The summed E-state index contributed by atoms with van der Waals surface area (Å²) in [7, 11) is 1.91. The molecule has 0 bridgehead atoms. The Morgan fingerprint density at radius 1 is 1.03 bits per heavy atom. The van der Waals surface area contributed by atoms with E-state index in [4.69, 9.17) is 9.53 Å². The lowest BCUT2D eigenvalue weighted by atomic mass is 9.47. The van der Waals surface area contributed by atoms with Crippen molar-refractivity contribution in [1.82, 2.24) is 0 Å². The molecule has 0 aliphatic heterocycles. The maximum absolute atomic E-state index is 8.00. The second-order valence-corrected chi connectivity index (χ2v) is 12.4. The van der Waals surface area contributed by atoms with E-state index in [0.717, 1.165) is 35.5 Å². The van der Waals surface area contributed by atoms with E-state index in [1.807, 2.05) is 13.9 Å². The molecule has 4 rings (SSSR count). The van der Waals surface area contributed by atoms with Gasteiger partial charge in [-0.3, -0.25) is 0 Å². The molecule has 4 aliphatic carbocycles. The van der Waals surface area contributed by atoms with Crippen molar-refractivity contribution in [3.05, 3.63) is 11.6 Å². The molecule has 178 valence electrons. The van der Waals surface area contributed by atoms with Gasteiger partial charge in [0, 0.05) is 7.11 Å². The molecule has 2 nitrogen and oxygen atoms in total. The van der Waals surface area contributed by atoms with Crippen LogP contribution in [0.25, 0.3) is 0 Å². The van der Waals surface area contributed by atoms with E-state index in [0.29, 0.717) is 16.9 Å². The van der Waals surface area contributed by atoms with E-state index in [1.54, 1.807) is 5.57 Å². The summed E-state index contributed by atoms with van der Waals surface area (Å²) in [5, 5.41) is 0. The van der Waals surface area contributed by atoms with Crippen LogP contribution in [0.1, 0.15) is 105 Å². The summed E-state index contributed by atoms with van der Waals surface area (Å²) >= 11 is 0. The van der Waals surface area contributed by atoms with E-state index < -0.39 is 0 Å². The van der Waals surface area contributed by atoms with E-state index in [2.05, 4.69) is 40.7 Å². The predicted octanol–water partition coefficient (Wildman–Crippen LogP) is 7.86. The Bertz CT molecular complexity index is 624. The third kappa shape index (κ3) is 4.57. The van der Waals surface area contributed by atoms with Crippen LogP contribution in [-0.4, -0.2) is 20.0 Å². The zero-order valence-corrected chi connectivity index (χ0v) is 21.4. The van der Waals surface area contributed by atoms with Crippen LogP contribution in [-0.2, 0) is 9.53 Å². The minimum atomic E-state index is 0.472. The molecule has 0 aromatic carbocycles. The average molecular weight is 431 g/mol. The molecule has 31 heavy (non-hydrogen) atoms. The van der Waals surface area contributed by atoms with Gasteiger partial charge < -0.3 is 9.53 Å². The van der Waals surface area contributed by atoms with Gasteiger partial charge in [-0.1, -0.05) is 65.5 Å². The molecule has 0 saturated heterocycles. The number of methoxy groups -OCH3 is 1. The average Bonchev–Trinajstić information content (AvgIpc) is 3.11. The van der Waals surface area contributed by atoms with Crippen LogP contribution in [0.2, 0.25) is 0 Å². The lowest BCUT2D eigenvalue weighted by molar-refractivity contribution is -0.0979. The van der Waals surface area contributed by atoms with Crippen molar-refractivity contribution in [2.75, 3.05) is 7.11 Å². The molecule has 8 unspecified atom stereocenters. The summed E-state index contributed by atoms with van der Waals surface area (Å²) < 4.78 is 5.75. The number of fused-ring (bicyclic) bond motifs is 5. The van der Waals surface area contributed by atoms with Crippen molar-refractivity contribution in [1.29, 1.82) is 0 Å². The molecule has 0 aromatic rings. The van der Waals surface area contributed by atoms with E-state index in [1.165, 1.54) is 70.6 Å². The van der Waals surface area contributed by atoms with Gasteiger partial charge in [-0.25, -0.2) is 0 Å². The number of allylic oxidation sites excluding steroid dienone is 1. The number of carbonyl (C=O) groups is 1. The Morgan fingerprint density at radius 3 is 2.45 bits per heavy atom. The number of carbonyl (C=O) groups excluding carboxylic acids is 1. The number of rotatable bonds is 6. The number of hydrogen-bond donors (Lipinski definition) is 0. The summed E-state index contributed by atoms with van der Waals surface area (Å²) in [5.41, 5.74) is 2.85. The van der Waals surface area contributed by atoms with Crippen LogP contribution in [0.3, 0.4) is 0 Å². The van der Waals surface area contributed by atoms with Crippen LogP contribution in [0.5, 0.6) is 0 Å². The Kier molecular flexibility index (Phi) is 8.15. The highest BCUT2D eigenvalue weighted by Crippen LogP contribution is 2.67. The predicted molar refractivity (Wildman–Crippen MR) is 131 cm³/mol. The summed E-state index contributed by atoms with van der Waals surface area (Å²) in [6.07, 6.45) is 18.7. The molecule has 8 atom stereocenters. The van der Waals surface area contributed by atoms with Crippen LogP contribution in [0.4, 0.5) is 0 Å². The van der Waals surface area contributed by atoms with Crippen LogP contribution in [0, 0.1) is 46.3 Å². The highest BCUT2D eigenvalue weighted by molar-refractivity contribution is 5.25. The normalized spacial score (nSPS) is 42.5. The molecule has 0 aromatic heterocycles. The van der Waals surface area contributed by atoms with Crippen molar-refractivity contribution >= 4 is 6.79 Å². The van der Waals surface area contributed by atoms with Gasteiger partial charge in [0.15, 0.2) is 0 Å². The molecule has 0 radical (unpaired) electrons. The first-order chi connectivity index (χ1) is 14.8. The Labute approximate surface area is 193 Å². The summed E-state index contributed by atoms with van der Waals surface area (Å²) in [5.74, 6) is 5.63. The Hall–Kier alpha value is -0.630. The largest absolute Gasteiger partial charge is 0.381 e. The molecule has 4 aliphatic rings. The summed E-state index contributed by atoms with van der Waals surface area (Å²) in [4.78, 5) is 8.00. The molecule has 0 heterocycles. The van der Waals surface area contributed by atoms with Crippen LogP contribution < -0.4 is 0 Å². The lowest BCUT2D eigenvalue weighted by Crippen LogP contribution is -2.50. The SMILES string of the molecule is C=O.COC1CCC2(C)C(=CCC3C2CCC2(C)C(C(C)CCCC(C)C)CCC32)C1. The molecule has 0 spiro atoms. The standard InChI is InChI=1S/C28H48O.CH2O/c1-19(2)8-7-9-20(3)24-12-13-25-23-11-10-21-18-22(29-6)14-16-27(21,4)26(23)15-17-28(24,25)5;1-2/h10,19-20,22-26H,7-9,11-18H2,1-6H3;1H2. The second-order valence-electron chi connectivity index (χ2n) is 12.4. The van der Waals surface area contributed by atoms with E-state index in [9.17, 15) is 0 Å². The lowest BCUT2D eigenvalue weighted by Gasteiger charge is -2.58. The van der Waals surface area contributed by atoms with Crippen molar-refractivity contribution in [2.45, 2.75) is 111 Å². The molecular formula is C29H50O2. The first-order valence-corrected chi connectivity index (χ1v) is 13.3. The molecule has 0 N–H and O–H groups in total. The van der Waals surface area contributed by atoms with Crippen molar-refractivity contribution in [3.63, 3.8) is 0 Å². The van der Waals surface area contributed by atoms with Gasteiger partial charge in [-0.15, -0.1) is 0 Å². The second kappa shape index (κ2) is 10.1. The summed E-state index contributed by atoms with van der Waals surface area (Å²) in [6.45, 7) is 14.7. The number of ether oxygens (including phenoxy) is 1. The molecule has 3 fully saturated rings. The van der Waals surface area contributed by atoms with Gasteiger partial charge in [-0.05, 0) is 97.7 Å². The maximum Gasteiger partial charge on any atom is 0.106 e. The van der Waals surface area contributed by atoms with E-state index >= 15 is 0 Å². The monoisotopic (exact) mass is 430 g/mol. The fourth-order valence-electron chi connectivity index (χ4n) is 8.85. The maximum atomic E-state index is 8.00. The highest BCUT2D eigenvalue weighted by Gasteiger charge is 2.59. The fourth-order valence-corrected chi connectivity index (χ4v) is 8.85. The first-order valence-electron chi connectivity index (χ1n) is 13.3. The van der Waals surface area contributed by atoms with Gasteiger partial charge in [-0.2, -0.15) is 0 Å². The molecular weight excluding hydrogens is 380 g/mol. The van der Waals surface area contributed by atoms with Gasteiger partial charge >= 0.3 is 0 Å². The van der Waals surface area contributed by atoms with Gasteiger partial charge in [0.05, 0.1) is 6.10 Å². The Morgan fingerprint density at radius 2 is 1.77 bits per heavy atom. The third-order valence-corrected chi connectivity index (χ3v) is 10.6. The van der Waals surface area contributed by atoms with E-state index in [-0.39, 0.29) is 0 Å². The minimum absolute atomic E-state index is 0.472. The highest BCUT2D eigenvalue weighted by atomic mass is 16.5. The molecule has 3 saturated carbocycles. The van der Waals surface area contributed by atoms with Crippen LogP contribution >= 0.6 is 0 Å². The molecule has 2 heteroatoms. The zero-order valence-electron chi connectivity index (χ0n) is 21.4. The first kappa shape index (κ1) is 25.0. The van der Waals surface area contributed by atoms with Crippen molar-refractivity contribution in [2.24, 2.45) is 46.3 Å². The molecule has 0 amide bonds. The smallest absolute Gasteiger partial charge is 0.106 e. The topological polar surface area (TPSA) is 26.3 Å². The van der Waals surface area contributed by atoms with Gasteiger partial charge in [0.1, 0.15) is 6.79 Å². The zero-order chi connectivity index (χ0) is 22.8. The van der Waals surface area contributed by atoms with Crippen molar-refractivity contribution < 1.29 is 9.53 Å². The fraction of sp³-hybridized carbons (Fsp3) is 0.897. The van der Waals surface area contributed by atoms with Crippen LogP contribution in [0.15, 0.2) is 11.6 Å². The number of hydrogen-bond acceptors (Lipinski definition) is 2. The quantitative estimate of drug-likeness (QED) is 0.401. The van der Waals surface area contributed by atoms with Crippen molar-refractivity contribution in [3.8, 4) is 0 Å². The van der Waals surface area contributed by atoms with Gasteiger partial charge in [0.2, 0.25) is 0 Å². The minimum Gasteiger partial charge on any atom is -0.381 e. The Balaban J connectivity index is 0.00000132. The third-order valence-electron chi connectivity index (χ3n) is 10.6. The summed E-state index contributed by atoms with van der Waals surface area (Å²) in [6, 6.07) is 0. The van der Waals surface area contributed by atoms with Gasteiger partial charge in [0.25, 0.3) is 0 Å².